The number of hydrogen-bond acceptors (Lipinski definition) is 4. The van der Waals surface area contributed by atoms with Crippen LogP contribution >= 0.6 is 11.9 Å². The SMILES string of the molecule is C1CCCCC1.Cc1ccc2ncc(-c3ccc(SNC4CCCCC4)cc3)n2n1. The smallest absolute Gasteiger partial charge is 0.154 e. The molecule has 0 unspecified atom stereocenters. The van der Waals surface area contributed by atoms with Gasteiger partial charge in [0.25, 0.3) is 0 Å². The highest BCUT2D eigenvalue weighted by atomic mass is 32.2. The van der Waals surface area contributed by atoms with Crippen molar-refractivity contribution in [2.24, 2.45) is 0 Å². The minimum atomic E-state index is 0.661. The van der Waals surface area contributed by atoms with Crippen molar-refractivity contribution in [3.63, 3.8) is 0 Å². The summed E-state index contributed by atoms with van der Waals surface area (Å²) in [6, 6.07) is 13.3. The van der Waals surface area contributed by atoms with E-state index in [0.29, 0.717) is 6.04 Å². The highest BCUT2D eigenvalue weighted by molar-refractivity contribution is 7.97. The normalized spacial score (nSPS) is 17.5. The fraction of sp³-hybridized carbons (Fsp3) is 0.520. The molecule has 0 amide bonds. The van der Waals surface area contributed by atoms with Gasteiger partial charge in [0.05, 0.1) is 17.6 Å². The van der Waals surface area contributed by atoms with Gasteiger partial charge in [0.1, 0.15) is 0 Å². The Bertz CT molecular complexity index is 897. The molecule has 0 radical (unpaired) electrons. The quantitative estimate of drug-likeness (QED) is 0.461. The average molecular weight is 423 g/mol. The molecule has 160 valence electrons. The second kappa shape index (κ2) is 11.0. The summed E-state index contributed by atoms with van der Waals surface area (Å²) < 4.78 is 5.53. The van der Waals surface area contributed by atoms with Crippen LogP contribution in [-0.2, 0) is 0 Å². The van der Waals surface area contributed by atoms with E-state index in [-0.39, 0.29) is 0 Å². The Hall–Kier alpha value is -1.85. The summed E-state index contributed by atoms with van der Waals surface area (Å²) in [5.74, 6) is 0. The lowest BCUT2D eigenvalue weighted by atomic mass is 9.96. The van der Waals surface area contributed by atoms with Gasteiger partial charge in [0.2, 0.25) is 0 Å². The van der Waals surface area contributed by atoms with Crippen molar-refractivity contribution < 1.29 is 0 Å². The zero-order chi connectivity index (χ0) is 20.6. The van der Waals surface area contributed by atoms with Crippen LogP contribution in [0.15, 0.2) is 47.5 Å². The molecule has 2 aliphatic carbocycles. The van der Waals surface area contributed by atoms with Gasteiger partial charge >= 0.3 is 0 Å². The second-order valence-corrected chi connectivity index (χ2v) is 9.50. The summed E-state index contributed by atoms with van der Waals surface area (Å²) in [4.78, 5) is 5.69. The molecule has 4 nitrogen and oxygen atoms in total. The summed E-state index contributed by atoms with van der Waals surface area (Å²) in [5.41, 5.74) is 4.05. The summed E-state index contributed by atoms with van der Waals surface area (Å²) >= 11 is 1.75. The molecule has 2 aromatic heterocycles. The molecule has 0 spiro atoms. The molecular formula is C25H34N4S. The molecule has 5 heteroatoms. The van der Waals surface area contributed by atoms with Gasteiger partial charge in [-0.2, -0.15) is 5.10 Å². The minimum absolute atomic E-state index is 0.661. The third-order valence-corrected chi connectivity index (χ3v) is 7.05. The summed E-state index contributed by atoms with van der Waals surface area (Å²) in [6.45, 7) is 2.00. The summed E-state index contributed by atoms with van der Waals surface area (Å²) in [5, 5.41) is 4.57. The van der Waals surface area contributed by atoms with E-state index in [0.717, 1.165) is 22.6 Å². The highest BCUT2D eigenvalue weighted by Crippen LogP contribution is 2.26. The zero-order valence-corrected chi connectivity index (χ0v) is 19.0. The van der Waals surface area contributed by atoms with Crippen LogP contribution in [0.4, 0.5) is 0 Å². The molecule has 2 aliphatic rings. The Morgan fingerprint density at radius 1 is 0.833 bits per heavy atom. The summed E-state index contributed by atoms with van der Waals surface area (Å²) in [7, 11) is 0. The highest BCUT2D eigenvalue weighted by Gasteiger charge is 2.13. The summed E-state index contributed by atoms with van der Waals surface area (Å²) in [6.07, 6.45) is 17.6. The molecule has 2 heterocycles. The number of imidazole rings is 1. The fourth-order valence-electron chi connectivity index (χ4n) is 4.29. The van der Waals surface area contributed by atoms with Crippen molar-refractivity contribution >= 4 is 17.6 Å². The third-order valence-electron chi connectivity index (χ3n) is 6.09. The third kappa shape index (κ3) is 5.86. The van der Waals surface area contributed by atoms with Crippen LogP contribution in [0.3, 0.4) is 0 Å². The Morgan fingerprint density at radius 2 is 1.47 bits per heavy atom. The second-order valence-electron chi connectivity index (χ2n) is 8.59. The molecule has 2 saturated carbocycles. The van der Waals surface area contributed by atoms with E-state index >= 15 is 0 Å². The first-order valence-electron chi connectivity index (χ1n) is 11.6. The van der Waals surface area contributed by atoms with Gasteiger partial charge in [0.15, 0.2) is 5.65 Å². The van der Waals surface area contributed by atoms with Gasteiger partial charge in [-0.25, -0.2) is 9.50 Å². The van der Waals surface area contributed by atoms with Gasteiger partial charge in [0, 0.05) is 16.5 Å². The van der Waals surface area contributed by atoms with Crippen molar-refractivity contribution in [2.75, 3.05) is 0 Å². The molecule has 2 fully saturated rings. The largest absolute Gasteiger partial charge is 0.257 e. The number of benzene rings is 1. The first-order valence-corrected chi connectivity index (χ1v) is 12.5. The first-order chi connectivity index (χ1) is 14.8. The van der Waals surface area contributed by atoms with E-state index in [1.165, 1.54) is 75.5 Å². The topological polar surface area (TPSA) is 42.2 Å². The Balaban J connectivity index is 0.000000313. The van der Waals surface area contributed by atoms with Crippen molar-refractivity contribution in [1.82, 2.24) is 19.3 Å². The molecule has 0 atom stereocenters. The fourth-order valence-corrected chi connectivity index (χ4v) is 5.10. The number of aryl methyl sites for hydroxylation is 1. The Morgan fingerprint density at radius 3 is 2.13 bits per heavy atom. The minimum Gasteiger partial charge on any atom is -0.257 e. The van der Waals surface area contributed by atoms with E-state index in [4.69, 9.17) is 0 Å². The van der Waals surface area contributed by atoms with Crippen molar-refractivity contribution in [3.8, 4) is 11.3 Å². The molecule has 5 rings (SSSR count). The predicted molar refractivity (Wildman–Crippen MR) is 127 cm³/mol. The van der Waals surface area contributed by atoms with Crippen LogP contribution in [0.2, 0.25) is 0 Å². The van der Waals surface area contributed by atoms with Crippen LogP contribution in [0.1, 0.15) is 76.3 Å². The van der Waals surface area contributed by atoms with Crippen LogP contribution in [0, 0.1) is 6.92 Å². The van der Waals surface area contributed by atoms with Gasteiger partial charge in [-0.05, 0) is 56.0 Å². The van der Waals surface area contributed by atoms with Crippen LogP contribution in [0.25, 0.3) is 16.9 Å². The Kier molecular flexibility index (Phi) is 7.82. The molecule has 3 aromatic rings. The maximum Gasteiger partial charge on any atom is 0.154 e. The van der Waals surface area contributed by atoms with E-state index in [1.54, 1.807) is 11.9 Å². The Labute approximate surface area is 185 Å². The van der Waals surface area contributed by atoms with E-state index in [1.807, 2.05) is 29.8 Å². The molecule has 30 heavy (non-hydrogen) atoms. The van der Waals surface area contributed by atoms with E-state index < -0.39 is 0 Å². The lowest BCUT2D eigenvalue weighted by Crippen LogP contribution is -2.25. The molecule has 0 bridgehead atoms. The maximum atomic E-state index is 4.57. The van der Waals surface area contributed by atoms with Crippen molar-refractivity contribution in [2.45, 2.75) is 88.5 Å². The number of nitrogens with one attached hydrogen (secondary N) is 1. The molecule has 1 aromatic carbocycles. The molecule has 1 N–H and O–H groups in total. The van der Waals surface area contributed by atoms with Gasteiger partial charge < -0.3 is 0 Å². The van der Waals surface area contributed by atoms with Crippen LogP contribution in [-0.4, -0.2) is 20.6 Å². The number of nitrogens with zero attached hydrogens (tertiary/aromatic N) is 3. The van der Waals surface area contributed by atoms with E-state index in [9.17, 15) is 0 Å². The lowest BCUT2D eigenvalue weighted by Gasteiger charge is -2.22. The standard InChI is InChI=1S/C19H22N4S.C6H12/c1-14-7-12-19-20-13-18(23(19)21-14)15-8-10-17(11-9-15)24-22-16-5-3-2-4-6-16;1-2-4-6-5-3-1/h7-13,16,22H,2-6H2,1H3;1-6H2. The van der Waals surface area contributed by atoms with Crippen molar-refractivity contribution in [3.05, 3.63) is 48.3 Å². The maximum absolute atomic E-state index is 4.57. The van der Waals surface area contributed by atoms with Crippen molar-refractivity contribution in [1.29, 1.82) is 0 Å². The van der Waals surface area contributed by atoms with Crippen LogP contribution in [0.5, 0.6) is 0 Å². The first kappa shape index (κ1) is 21.4. The van der Waals surface area contributed by atoms with Crippen LogP contribution < -0.4 is 4.72 Å². The molecule has 0 aliphatic heterocycles. The predicted octanol–water partition coefficient (Wildman–Crippen LogP) is 6.97. The number of rotatable bonds is 4. The number of hydrogen-bond donors (Lipinski definition) is 1. The molecular weight excluding hydrogens is 388 g/mol. The molecule has 0 saturated heterocycles. The average Bonchev–Trinajstić information content (AvgIpc) is 3.23. The monoisotopic (exact) mass is 422 g/mol. The van der Waals surface area contributed by atoms with Gasteiger partial charge in [-0.3, -0.25) is 4.72 Å². The van der Waals surface area contributed by atoms with E-state index in [2.05, 4.69) is 39.1 Å². The number of fused-ring (bicyclic) bond motifs is 1. The zero-order valence-electron chi connectivity index (χ0n) is 18.1. The lowest BCUT2D eigenvalue weighted by molar-refractivity contribution is 0.423. The van der Waals surface area contributed by atoms with Gasteiger partial charge in [-0.15, -0.1) is 0 Å². The number of aromatic nitrogens is 3. The van der Waals surface area contributed by atoms with Gasteiger partial charge in [-0.1, -0.05) is 69.9 Å².